The first-order chi connectivity index (χ1) is 31.3. The van der Waals surface area contributed by atoms with Crippen molar-refractivity contribution in [2.75, 3.05) is 26.4 Å². The summed E-state index contributed by atoms with van der Waals surface area (Å²) < 4.78 is 32.6. The van der Waals surface area contributed by atoms with Gasteiger partial charge in [-0.05, 0) is 70.6 Å². The van der Waals surface area contributed by atoms with E-state index in [4.69, 9.17) is 24.3 Å². The third-order valence-corrected chi connectivity index (χ3v) is 11.5. The van der Waals surface area contributed by atoms with Crippen molar-refractivity contribution in [1.29, 1.82) is 0 Å². The van der Waals surface area contributed by atoms with Crippen molar-refractivity contribution in [2.45, 2.75) is 219 Å². The number of carbonyl (C=O) groups is 2. The van der Waals surface area contributed by atoms with Crippen molar-refractivity contribution in [3.63, 3.8) is 0 Å². The van der Waals surface area contributed by atoms with Crippen LogP contribution >= 0.6 is 7.82 Å². The highest BCUT2D eigenvalue weighted by molar-refractivity contribution is 7.47. The summed E-state index contributed by atoms with van der Waals surface area (Å²) in [7, 11) is -4.37. The van der Waals surface area contributed by atoms with E-state index in [1.165, 1.54) is 83.5 Å². The van der Waals surface area contributed by atoms with Gasteiger partial charge in [-0.1, -0.05) is 214 Å². The van der Waals surface area contributed by atoms with Crippen LogP contribution in [0.5, 0.6) is 0 Å². The van der Waals surface area contributed by atoms with Gasteiger partial charge in [0, 0.05) is 19.4 Å². The first-order valence-electron chi connectivity index (χ1n) is 25.6. The molecule has 0 aromatic rings. The van der Waals surface area contributed by atoms with E-state index < -0.39 is 32.5 Å². The molecule has 0 radical (unpaired) electrons. The van der Waals surface area contributed by atoms with Crippen molar-refractivity contribution < 1.29 is 37.6 Å². The molecule has 0 aliphatic heterocycles. The number of hydrogen-bond donors (Lipinski definition) is 2. The van der Waals surface area contributed by atoms with E-state index in [9.17, 15) is 19.0 Å². The highest BCUT2D eigenvalue weighted by Gasteiger charge is 2.26. The van der Waals surface area contributed by atoms with Crippen LogP contribution in [0.3, 0.4) is 0 Å². The molecule has 0 aromatic heterocycles. The molecule has 10 heteroatoms. The Morgan fingerprint density at radius 3 is 1.28 bits per heavy atom. The summed E-state index contributed by atoms with van der Waals surface area (Å²) in [5, 5.41) is 0. The molecule has 0 rings (SSSR count). The number of carbonyl (C=O) groups excluding carboxylic acids is 2. The fourth-order valence-corrected chi connectivity index (χ4v) is 7.56. The number of esters is 2. The maximum atomic E-state index is 12.6. The van der Waals surface area contributed by atoms with Crippen LogP contribution < -0.4 is 5.73 Å². The number of unbranched alkanes of at least 4 members (excludes halogenated alkanes) is 20. The smallest absolute Gasteiger partial charge is 0.462 e. The molecular weight excluding hydrogens is 822 g/mol. The zero-order chi connectivity index (χ0) is 46.7. The molecule has 0 saturated carbocycles. The lowest BCUT2D eigenvalue weighted by Crippen LogP contribution is -2.29. The van der Waals surface area contributed by atoms with Crippen LogP contribution in [0.2, 0.25) is 0 Å². The monoisotopic (exact) mass is 916 g/mol. The van der Waals surface area contributed by atoms with E-state index in [0.717, 1.165) is 96.3 Å². The highest BCUT2D eigenvalue weighted by atomic mass is 31.2. The summed E-state index contributed by atoms with van der Waals surface area (Å²) in [6, 6.07) is 0. The number of phosphoric ester groups is 1. The summed E-state index contributed by atoms with van der Waals surface area (Å²) >= 11 is 0. The van der Waals surface area contributed by atoms with E-state index in [1.54, 1.807) is 0 Å². The molecule has 9 nitrogen and oxygen atoms in total. The van der Waals surface area contributed by atoms with Gasteiger partial charge in [0.05, 0.1) is 13.2 Å². The second kappa shape index (κ2) is 49.6. The molecule has 0 aliphatic carbocycles. The van der Waals surface area contributed by atoms with E-state index in [0.29, 0.717) is 6.42 Å². The Labute approximate surface area is 392 Å². The number of allylic oxidation sites excluding steroid dienone is 14. The largest absolute Gasteiger partial charge is 0.472 e. The first kappa shape index (κ1) is 61.2. The van der Waals surface area contributed by atoms with Gasteiger partial charge >= 0.3 is 19.8 Å². The first-order valence-corrected chi connectivity index (χ1v) is 27.1. The molecule has 0 bridgehead atoms. The zero-order valence-electron chi connectivity index (χ0n) is 40.7. The van der Waals surface area contributed by atoms with Crippen LogP contribution in [0.25, 0.3) is 0 Å². The molecule has 0 fully saturated rings. The molecule has 64 heavy (non-hydrogen) atoms. The summed E-state index contributed by atoms with van der Waals surface area (Å²) in [5.41, 5.74) is 5.34. The third kappa shape index (κ3) is 48.6. The van der Waals surface area contributed by atoms with Gasteiger partial charge in [0.1, 0.15) is 6.61 Å². The Bertz CT molecular complexity index is 1320. The number of rotatable bonds is 47. The van der Waals surface area contributed by atoms with Gasteiger partial charge in [0.2, 0.25) is 0 Å². The molecule has 368 valence electrons. The van der Waals surface area contributed by atoms with Gasteiger partial charge in [0.15, 0.2) is 6.10 Å². The average molecular weight is 916 g/mol. The van der Waals surface area contributed by atoms with E-state index in [2.05, 4.69) is 98.9 Å². The van der Waals surface area contributed by atoms with Gasteiger partial charge in [-0.3, -0.25) is 18.6 Å². The van der Waals surface area contributed by atoms with Crippen molar-refractivity contribution in [3.05, 3.63) is 85.1 Å². The Morgan fingerprint density at radius 1 is 0.484 bits per heavy atom. The second-order valence-corrected chi connectivity index (χ2v) is 18.1. The Hall–Kier alpha value is -2.81. The summed E-state index contributed by atoms with van der Waals surface area (Å²) in [6.45, 7) is 3.54. The molecule has 0 aliphatic rings. The van der Waals surface area contributed by atoms with Crippen molar-refractivity contribution in [1.82, 2.24) is 0 Å². The molecule has 0 spiro atoms. The highest BCUT2D eigenvalue weighted by Crippen LogP contribution is 2.43. The quantitative estimate of drug-likeness (QED) is 0.0265. The maximum absolute atomic E-state index is 12.6. The van der Waals surface area contributed by atoms with Gasteiger partial charge in [-0.2, -0.15) is 0 Å². The number of hydrogen-bond acceptors (Lipinski definition) is 8. The SMILES string of the molecule is CC/C=C\C/C=C\C/C=C\C/C=C\C/C=C\C/C=C\C/C=C\CCCCCCCCCCCCCCCCCC(=O)OC(COC(=O)CCCCCCCC)COP(=O)(O)OCCN. The minimum Gasteiger partial charge on any atom is -0.462 e. The standard InChI is InChI=1S/C54H94NO8P/c1-3-5-7-9-11-12-13-14-15-16-17-18-19-20-21-22-23-24-25-26-27-28-29-30-31-32-33-34-35-36-37-38-39-40-41-43-45-47-54(57)63-52(51-62-64(58,59)61-49-48-55)50-60-53(56)46-44-42-10-8-6-4-2/h5,7,11-12,14-15,17-18,20-21,23-24,26-27,52H,3-4,6,8-10,13,16,19,22,25,28-51,55H2,1-2H3,(H,58,59)/b7-5-,12-11-,15-14-,18-17-,21-20-,24-23-,27-26-. The fourth-order valence-electron chi connectivity index (χ4n) is 6.79. The molecular formula is C54H94NO8P. The van der Waals surface area contributed by atoms with Crippen LogP contribution in [-0.2, 0) is 32.7 Å². The summed E-state index contributed by atoms with van der Waals surface area (Å²) in [4.78, 5) is 34.7. The van der Waals surface area contributed by atoms with Crippen LogP contribution in [0.1, 0.15) is 213 Å². The fraction of sp³-hybridized carbons (Fsp3) is 0.704. The number of phosphoric acid groups is 1. The Kier molecular flexibility index (Phi) is 47.4. The topological polar surface area (TPSA) is 134 Å². The number of nitrogens with two attached hydrogens (primary N) is 1. The molecule has 3 N–H and O–H groups in total. The lowest BCUT2D eigenvalue weighted by molar-refractivity contribution is -0.161. The minimum absolute atomic E-state index is 0.0520. The van der Waals surface area contributed by atoms with Gasteiger partial charge in [-0.15, -0.1) is 0 Å². The van der Waals surface area contributed by atoms with E-state index in [1.807, 2.05) is 0 Å². The third-order valence-electron chi connectivity index (χ3n) is 10.5. The van der Waals surface area contributed by atoms with E-state index in [-0.39, 0.29) is 32.6 Å². The van der Waals surface area contributed by atoms with Crippen LogP contribution in [-0.4, -0.2) is 49.3 Å². The second-order valence-electron chi connectivity index (χ2n) is 16.7. The van der Waals surface area contributed by atoms with Crippen LogP contribution in [0, 0.1) is 0 Å². The van der Waals surface area contributed by atoms with E-state index >= 15 is 0 Å². The molecule has 2 atom stereocenters. The van der Waals surface area contributed by atoms with Crippen molar-refractivity contribution in [3.8, 4) is 0 Å². The lowest BCUT2D eigenvalue weighted by atomic mass is 10.0. The maximum Gasteiger partial charge on any atom is 0.472 e. The molecule has 0 heterocycles. The molecule has 0 aromatic carbocycles. The average Bonchev–Trinajstić information content (AvgIpc) is 3.28. The molecule has 0 saturated heterocycles. The van der Waals surface area contributed by atoms with Crippen LogP contribution in [0.4, 0.5) is 0 Å². The zero-order valence-corrected chi connectivity index (χ0v) is 41.6. The molecule has 0 amide bonds. The van der Waals surface area contributed by atoms with Gasteiger partial charge in [0.25, 0.3) is 0 Å². The predicted molar refractivity (Wildman–Crippen MR) is 270 cm³/mol. The normalized spacial score (nSPS) is 13.9. The van der Waals surface area contributed by atoms with Crippen molar-refractivity contribution >= 4 is 19.8 Å². The minimum atomic E-state index is -4.37. The predicted octanol–water partition coefficient (Wildman–Crippen LogP) is 15.6. The van der Waals surface area contributed by atoms with Gasteiger partial charge in [-0.25, -0.2) is 4.57 Å². The van der Waals surface area contributed by atoms with Gasteiger partial charge < -0.3 is 20.1 Å². The van der Waals surface area contributed by atoms with Crippen molar-refractivity contribution in [2.24, 2.45) is 5.73 Å². The lowest BCUT2D eigenvalue weighted by Gasteiger charge is -2.19. The van der Waals surface area contributed by atoms with Crippen LogP contribution in [0.15, 0.2) is 85.1 Å². The summed E-state index contributed by atoms with van der Waals surface area (Å²) in [6.07, 6.45) is 64.0. The summed E-state index contributed by atoms with van der Waals surface area (Å²) in [5.74, 6) is -0.839. The Morgan fingerprint density at radius 2 is 0.859 bits per heavy atom. The molecule has 2 unspecified atom stereocenters. The number of ether oxygens (including phenoxy) is 2. The Balaban J connectivity index is 3.79.